The maximum absolute atomic E-state index is 11.5. The standard InChI is InChI=1S/C14H27NO4/c1-10(2)15-14(13(16)17)6-5-12(9-14)19-8-7-18-11(3)4/h10-12,15H,5-9H2,1-4H3,(H,16,17). The van der Waals surface area contributed by atoms with Crippen molar-refractivity contribution in [1.29, 1.82) is 0 Å². The van der Waals surface area contributed by atoms with Crippen molar-refractivity contribution in [2.24, 2.45) is 0 Å². The van der Waals surface area contributed by atoms with Crippen LogP contribution >= 0.6 is 0 Å². The van der Waals surface area contributed by atoms with Crippen LogP contribution in [0.4, 0.5) is 0 Å². The number of rotatable bonds is 8. The minimum Gasteiger partial charge on any atom is -0.480 e. The summed E-state index contributed by atoms with van der Waals surface area (Å²) in [5, 5.41) is 12.6. The van der Waals surface area contributed by atoms with Crippen molar-refractivity contribution in [3.8, 4) is 0 Å². The molecule has 0 aromatic carbocycles. The third-order valence-electron chi connectivity index (χ3n) is 3.33. The van der Waals surface area contributed by atoms with E-state index in [1.807, 2.05) is 27.7 Å². The molecule has 5 heteroatoms. The average Bonchev–Trinajstić information content (AvgIpc) is 2.68. The topological polar surface area (TPSA) is 67.8 Å². The summed E-state index contributed by atoms with van der Waals surface area (Å²) in [5.74, 6) is -0.772. The lowest BCUT2D eigenvalue weighted by Crippen LogP contribution is -2.53. The summed E-state index contributed by atoms with van der Waals surface area (Å²) in [6, 6.07) is 0.152. The highest BCUT2D eigenvalue weighted by Crippen LogP contribution is 2.32. The van der Waals surface area contributed by atoms with Gasteiger partial charge in [-0.05, 0) is 40.5 Å². The minimum atomic E-state index is -0.822. The van der Waals surface area contributed by atoms with Crippen LogP contribution in [0.1, 0.15) is 47.0 Å². The molecule has 0 heterocycles. The normalized spacial score (nSPS) is 27.4. The van der Waals surface area contributed by atoms with Crippen molar-refractivity contribution < 1.29 is 19.4 Å². The monoisotopic (exact) mass is 273 g/mol. The molecule has 2 atom stereocenters. The summed E-state index contributed by atoms with van der Waals surface area (Å²) in [4.78, 5) is 11.5. The molecule has 5 nitrogen and oxygen atoms in total. The molecule has 0 saturated heterocycles. The summed E-state index contributed by atoms with van der Waals surface area (Å²) in [6.45, 7) is 8.99. The van der Waals surface area contributed by atoms with E-state index in [9.17, 15) is 9.90 Å². The van der Waals surface area contributed by atoms with Gasteiger partial charge in [-0.2, -0.15) is 0 Å². The van der Waals surface area contributed by atoms with Crippen LogP contribution in [0.5, 0.6) is 0 Å². The summed E-state index contributed by atoms with van der Waals surface area (Å²) < 4.78 is 11.1. The van der Waals surface area contributed by atoms with Gasteiger partial charge in [0.1, 0.15) is 5.54 Å². The van der Waals surface area contributed by atoms with E-state index in [1.54, 1.807) is 0 Å². The molecule has 1 aliphatic carbocycles. The molecule has 0 radical (unpaired) electrons. The molecule has 2 unspecified atom stereocenters. The van der Waals surface area contributed by atoms with Gasteiger partial charge in [0.25, 0.3) is 0 Å². The summed E-state index contributed by atoms with van der Waals surface area (Å²) in [6.07, 6.45) is 2.15. The van der Waals surface area contributed by atoms with E-state index in [1.165, 1.54) is 0 Å². The largest absolute Gasteiger partial charge is 0.480 e. The van der Waals surface area contributed by atoms with Crippen molar-refractivity contribution in [2.45, 2.75) is 70.7 Å². The number of aliphatic carboxylic acids is 1. The number of hydrogen-bond acceptors (Lipinski definition) is 4. The van der Waals surface area contributed by atoms with Gasteiger partial charge in [0, 0.05) is 12.5 Å². The Hall–Kier alpha value is -0.650. The molecule has 1 saturated carbocycles. The Morgan fingerprint density at radius 1 is 1.37 bits per heavy atom. The molecular formula is C14H27NO4. The van der Waals surface area contributed by atoms with Crippen LogP contribution in [0.2, 0.25) is 0 Å². The van der Waals surface area contributed by atoms with Crippen LogP contribution in [0.25, 0.3) is 0 Å². The van der Waals surface area contributed by atoms with Gasteiger partial charge >= 0.3 is 5.97 Å². The molecule has 2 N–H and O–H groups in total. The lowest BCUT2D eigenvalue weighted by molar-refractivity contribution is -0.145. The van der Waals surface area contributed by atoms with Crippen LogP contribution in [-0.4, -0.2) is 48.1 Å². The number of nitrogens with one attached hydrogen (secondary N) is 1. The molecule has 0 bridgehead atoms. The van der Waals surface area contributed by atoms with Gasteiger partial charge < -0.3 is 14.6 Å². The predicted octanol–water partition coefficient (Wildman–Crippen LogP) is 1.80. The third kappa shape index (κ3) is 5.09. The van der Waals surface area contributed by atoms with Gasteiger partial charge in [-0.3, -0.25) is 10.1 Å². The highest BCUT2D eigenvalue weighted by atomic mass is 16.5. The second kappa shape index (κ2) is 7.22. The Kier molecular flexibility index (Phi) is 6.23. The van der Waals surface area contributed by atoms with Crippen LogP contribution in [0.3, 0.4) is 0 Å². The number of ether oxygens (including phenoxy) is 2. The maximum Gasteiger partial charge on any atom is 0.324 e. The average molecular weight is 273 g/mol. The Labute approximate surface area is 115 Å². The van der Waals surface area contributed by atoms with E-state index >= 15 is 0 Å². The van der Waals surface area contributed by atoms with Crippen molar-refractivity contribution >= 4 is 5.97 Å². The summed E-state index contributed by atoms with van der Waals surface area (Å²) >= 11 is 0. The second-order valence-corrected chi connectivity index (χ2v) is 5.84. The predicted molar refractivity (Wildman–Crippen MR) is 73.3 cm³/mol. The quantitative estimate of drug-likeness (QED) is 0.660. The fraction of sp³-hybridized carbons (Fsp3) is 0.929. The first-order valence-electron chi connectivity index (χ1n) is 7.10. The zero-order chi connectivity index (χ0) is 14.5. The van der Waals surface area contributed by atoms with Crippen molar-refractivity contribution in [1.82, 2.24) is 5.32 Å². The van der Waals surface area contributed by atoms with E-state index in [0.717, 1.165) is 6.42 Å². The lowest BCUT2D eigenvalue weighted by Gasteiger charge is -2.28. The van der Waals surface area contributed by atoms with E-state index in [4.69, 9.17) is 9.47 Å². The highest BCUT2D eigenvalue weighted by molar-refractivity contribution is 5.79. The molecule has 19 heavy (non-hydrogen) atoms. The fourth-order valence-electron chi connectivity index (χ4n) is 2.58. The first kappa shape index (κ1) is 16.4. The second-order valence-electron chi connectivity index (χ2n) is 5.84. The van der Waals surface area contributed by atoms with Gasteiger partial charge in [-0.25, -0.2) is 0 Å². The molecule has 0 aromatic rings. The Morgan fingerprint density at radius 2 is 2.05 bits per heavy atom. The SMILES string of the molecule is CC(C)NC1(C(=O)O)CCC(OCCOC(C)C)C1. The van der Waals surface area contributed by atoms with Crippen LogP contribution in [0.15, 0.2) is 0 Å². The Bertz CT molecular complexity index is 293. The highest BCUT2D eigenvalue weighted by Gasteiger charge is 2.46. The van der Waals surface area contributed by atoms with Gasteiger partial charge in [0.05, 0.1) is 25.4 Å². The van der Waals surface area contributed by atoms with Gasteiger partial charge in [0.15, 0.2) is 0 Å². The smallest absolute Gasteiger partial charge is 0.324 e. The molecule has 1 aliphatic rings. The summed E-state index contributed by atoms with van der Waals surface area (Å²) in [7, 11) is 0. The molecule has 1 rings (SSSR count). The molecule has 0 aromatic heterocycles. The van der Waals surface area contributed by atoms with E-state index < -0.39 is 11.5 Å². The van der Waals surface area contributed by atoms with E-state index in [2.05, 4.69) is 5.32 Å². The number of carbonyl (C=O) groups is 1. The van der Waals surface area contributed by atoms with Crippen LogP contribution in [-0.2, 0) is 14.3 Å². The minimum absolute atomic E-state index is 0.0121. The molecular weight excluding hydrogens is 246 g/mol. The van der Waals surface area contributed by atoms with Crippen molar-refractivity contribution in [3.63, 3.8) is 0 Å². The molecule has 0 aliphatic heterocycles. The van der Waals surface area contributed by atoms with Gasteiger partial charge in [-0.15, -0.1) is 0 Å². The van der Waals surface area contributed by atoms with Crippen LogP contribution in [0, 0.1) is 0 Å². The van der Waals surface area contributed by atoms with Gasteiger partial charge in [0.2, 0.25) is 0 Å². The van der Waals surface area contributed by atoms with E-state index in [0.29, 0.717) is 26.1 Å². The molecule has 1 fully saturated rings. The fourth-order valence-corrected chi connectivity index (χ4v) is 2.58. The van der Waals surface area contributed by atoms with E-state index in [-0.39, 0.29) is 18.2 Å². The zero-order valence-corrected chi connectivity index (χ0v) is 12.4. The number of carboxylic acid groups (broad SMARTS) is 1. The first-order chi connectivity index (χ1) is 8.85. The zero-order valence-electron chi connectivity index (χ0n) is 12.4. The Balaban J connectivity index is 2.39. The maximum atomic E-state index is 11.5. The third-order valence-corrected chi connectivity index (χ3v) is 3.33. The summed E-state index contributed by atoms with van der Waals surface area (Å²) in [5.41, 5.74) is -0.822. The molecule has 112 valence electrons. The van der Waals surface area contributed by atoms with Gasteiger partial charge in [-0.1, -0.05) is 0 Å². The first-order valence-corrected chi connectivity index (χ1v) is 7.10. The lowest BCUT2D eigenvalue weighted by atomic mass is 9.96. The van der Waals surface area contributed by atoms with Crippen LogP contribution < -0.4 is 5.32 Å². The Morgan fingerprint density at radius 3 is 2.58 bits per heavy atom. The molecule has 0 amide bonds. The number of hydrogen-bond donors (Lipinski definition) is 2. The number of carboxylic acids is 1. The molecule has 0 spiro atoms. The van der Waals surface area contributed by atoms with Crippen molar-refractivity contribution in [3.05, 3.63) is 0 Å². The van der Waals surface area contributed by atoms with Crippen molar-refractivity contribution in [2.75, 3.05) is 13.2 Å².